The molecule has 0 saturated heterocycles. The van der Waals surface area contributed by atoms with Crippen molar-refractivity contribution in [1.29, 1.82) is 0 Å². The molecule has 0 aromatic heterocycles. The number of carbonyl (C=O) groups excluding carboxylic acids is 2. The molecule has 0 aromatic carbocycles. The summed E-state index contributed by atoms with van der Waals surface area (Å²) in [6, 6.07) is -1.22. The summed E-state index contributed by atoms with van der Waals surface area (Å²) >= 11 is 0. The molecule has 0 aliphatic carbocycles. The molecule has 0 radical (unpaired) electrons. The van der Waals surface area contributed by atoms with Gasteiger partial charge in [0.25, 0.3) is 0 Å². The Bertz CT molecular complexity index is 468. The molecule has 1 atom stereocenters. The second-order valence-electron chi connectivity index (χ2n) is 8.89. The molecule has 0 spiro atoms. The third kappa shape index (κ3) is 21.4. The number of amides is 2. The Morgan fingerprint density at radius 1 is 0.677 bits per heavy atom. The molecule has 6 nitrogen and oxygen atoms in total. The molecule has 0 fully saturated rings. The van der Waals surface area contributed by atoms with E-state index in [1.165, 1.54) is 96.3 Å². The molecule has 0 aliphatic rings. The van der Waals surface area contributed by atoms with Crippen LogP contribution >= 0.6 is 0 Å². The van der Waals surface area contributed by atoms with Gasteiger partial charge in [-0.2, -0.15) is 0 Å². The van der Waals surface area contributed by atoms with Gasteiger partial charge in [-0.25, -0.2) is 4.79 Å². The van der Waals surface area contributed by atoms with Crippen LogP contribution in [0.1, 0.15) is 135 Å². The van der Waals surface area contributed by atoms with Gasteiger partial charge in [-0.3, -0.25) is 9.59 Å². The van der Waals surface area contributed by atoms with E-state index in [1.807, 2.05) is 0 Å². The maximum atomic E-state index is 11.8. The maximum absolute atomic E-state index is 11.8. The normalized spacial score (nSPS) is 11.9. The van der Waals surface area contributed by atoms with Crippen molar-refractivity contribution in [3.63, 3.8) is 0 Å². The van der Waals surface area contributed by atoms with Crippen molar-refractivity contribution in [2.45, 2.75) is 141 Å². The minimum Gasteiger partial charge on any atom is -0.480 e. The lowest BCUT2D eigenvalue weighted by molar-refractivity contribution is -0.143. The number of carbonyl (C=O) groups is 3. The number of carboxylic acids is 1. The van der Waals surface area contributed by atoms with Gasteiger partial charge in [0.2, 0.25) is 11.8 Å². The molecule has 4 N–H and O–H groups in total. The Morgan fingerprint density at radius 2 is 1.03 bits per heavy atom. The van der Waals surface area contributed by atoms with E-state index in [-0.39, 0.29) is 12.3 Å². The van der Waals surface area contributed by atoms with Crippen LogP contribution in [0.4, 0.5) is 0 Å². The van der Waals surface area contributed by atoms with E-state index in [1.54, 1.807) is 0 Å². The predicted molar refractivity (Wildman–Crippen MR) is 127 cm³/mol. The second kappa shape index (κ2) is 21.6. The second-order valence-corrected chi connectivity index (χ2v) is 8.89. The fourth-order valence-corrected chi connectivity index (χ4v) is 3.85. The number of unbranched alkanes of at least 4 members (excludes halogenated alkanes) is 17. The van der Waals surface area contributed by atoms with Crippen molar-refractivity contribution in [2.75, 3.05) is 0 Å². The van der Waals surface area contributed by atoms with Crippen LogP contribution in [0.15, 0.2) is 0 Å². The van der Waals surface area contributed by atoms with E-state index >= 15 is 0 Å². The van der Waals surface area contributed by atoms with E-state index in [2.05, 4.69) is 12.2 Å². The number of aliphatic carboxylic acids is 1. The molecular formula is C25H48N2O4. The summed E-state index contributed by atoms with van der Waals surface area (Å²) in [5, 5.41) is 11.3. The van der Waals surface area contributed by atoms with E-state index in [0.717, 1.165) is 19.3 Å². The first-order valence-corrected chi connectivity index (χ1v) is 12.8. The highest BCUT2D eigenvalue weighted by Crippen LogP contribution is 2.14. The minimum absolute atomic E-state index is 0.293. The smallest absolute Gasteiger partial charge is 0.326 e. The van der Waals surface area contributed by atoms with Crippen LogP contribution in [0.25, 0.3) is 0 Å². The van der Waals surface area contributed by atoms with E-state index < -0.39 is 17.9 Å². The Kier molecular flexibility index (Phi) is 20.5. The van der Waals surface area contributed by atoms with Crippen LogP contribution in [0.3, 0.4) is 0 Å². The number of nitrogens with one attached hydrogen (secondary N) is 1. The third-order valence-electron chi connectivity index (χ3n) is 5.80. The molecule has 0 aromatic rings. The van der Waals surface area contributed by atoms with Crippen molar-refractivity contribution in [3.8, 4) is 0 Å². The highest BCUT2D eigenvalue weighted by Gasteiger charge is 2.21. The zero-order valence-corrected chi connectivity index (χ0v) is 20.0. The highest BCUT2D eigenvalue weighted by atomic mass is 16.4. The summed E-state index contributed by atoms with van der Waals surface area (Å²) in [4.78, 5) is 33.6. The molecule has 182 valence electrons. The molecule has 0 heterocycles. The van der Waals surface area contributed by atoms with Gasteiger partial charge in [-0.05, 0) is 6.42 Å². The third-order valence-corrected chi connectivity index (χ3v) is 5.80. The predicted octanol–water partition coefficient (Wildman–Crippen LogP) is 5.86. The molecular weight excluding hydrogens is 392 g/mol. The lowest BCUT2D eigenvalue weighted by Gasteiger charge is -2.12. The van der Waals surface area contributed by atoms with Gasteiger partial charge < -0.3 is 16.2 Å². The van der Waals surface area contributed by atoms with Crippen molar-refractivity contribution in [1.82, 2.24) is 5.32 Å². The summed E-state index contributed by atoms with van der Waals surface area (Å²) in [6.45, 7) is 2.27. The molecule has 0 bridgehead atoms. The molecule has 0 aliphatic heterocycles. The van der Waals surface area contributed by atoms with Crippen LogP contribution in [0.5, 0.6) is 0 Å². The zero-order valence-electron chi connectivity index (χ0n) is 20.0. The van der Waals surface area contributed by atoms with Gasteiger partial charge in [0.15, 0.2) is 0 Å². The average molecular weight is 441 g/mol. The SMILES string of the molecule is CCCCCCCCCCCCCCCCCCCCC(=O)N[C@@H](CC(N)=O)C(=O)O. The first-order valence-electron chi connectivity index (χ1n) is 12.8. The van der Waals surface area contributed by atoms with Crippen LogP contribution in [-0.4, -0.2) is 28.9 Å². The van der Waals surface area contributed by atoms with Crippen molar-refractivity contribution >= 4 is 17.8 Å². The Hall–Kier alpha value is -1.59. The number of nitrogens with two attached hydrogens (primary N) is 1. The quantitative estimate of drug-likeness (QED) is 0.173. The summed E-state index contributed by atoms with van der Waals surface area (Å²) in [5.74, 6) is -2.30. The molecule has 31 heavy (non-hydrogen) atoms. The van der Waals surface area contributed by atoms with Crippen LogP contribution in [-0.2, 0) is 14.4 Å². The topological polar surface area (TPSA) is 109 Å². The van der Waals surface area contributed by atoms with E-state index in [4.69, 9.17) is 10.8 Å². The van der Waals surface area contributed by atoms with Gasteiger partial charge in [0.1, 0.15) is 6.04 Å². The van der Waals surface area contributed by atoms with Gasteiger partial charge in [-0.1, -0.05) is 116 Å². The van der Waals surface area contributed by atoms with Crippen molar-refractivity contribution < 1.29 is 19.5 Å². The van der Waals surface area contributed by atoms with Crippen LogP contribution in [0, 0.1) is 0 Å². The fourth-order valence-electron chi connectivity index (χ4n) is 3.85. The Labute approximate surface area is 190 Å². The Balaban J connectivity index is 3.35. The summed E-state index contributed by atoms with van der Waals surface area (Å²) in [5.41, 5.74) is 5.00. The number of carboxylic acid groups (broad SMARTS) is 1. The first-order chi connectivity index (χ1) is 15.0. The molecule has 6 heteroatoms. The fraction of sp³-hybridized carbons (Fsp3) is 0.880. The lowest BCUT2D eigenvalue weighted by Crippen LogP contribution is -2.43. The molecule has 0 saturated carbocycles. The van der Waals surface area contributed by atoms with Crippen LogP contribution < -0.4 is 11.1 Å². The summed E-state index contributed by atoms with van der Waals surface area (Å²) in [7, 11) is 0. The van der Waals surface area contributed by atoms with Gasteiger partial charge >= 0.3 is 5.97 Å². The van der Waals surface area contributed by atoms with Crippen molar-refractivity contribution in [3.05, 3.63) is 0 Å². The zero-order chi connectivity index (χ0) is 23.2. The number of hydrogen-bond donors (Lipinski definition) is 3. The number of rotatable bonds is 23. The number of primary amides is 1. The molecule has 0 rings (SSSR count). The standard InChI is InChI=1S/C25H48N2O4/c1-2-3-4-5-6-7-8-9-10-11-12-13-14-15-16-17-18-19-20-24(29)27-22(25(30)31)21-23(26)28/h22H,2-21H2,1H3,(H2,26,28)(H,27,29)(H,30,31)/t22-/m0/s1. The highest BCUT2D eigenvalue weighted by molar-refractivity contribution is 5.88. The summed E-state index contributed by atoms with van der Waals surface area (Å²) < 4.78 is 0. The maximum Gasteiger partial charge on any atom is 0.326 e. The molecule has 0 unspecified atom stereocenters. The first kappa shape index (κ1) is 29.4. The largest absolute Gasteiger partial charge is 0.480 e. The number of hydrogen-bond acceptors (Lipinski definition) is 3. The minimum atomic E-state index is -1.23. The Morgan fingerprint density at radius 3 is 1.35 bits per heavy atom. The summed E-state index contributed by atoms with van der Waals surface area (Å²) in [6.07, 6.45) is 23.1. The van der Waals surface area contributed by atoms with Crippen LogP contribution in [0.2, 0.25) is 0 Å². The van der Waals surface area contributed by atoms with E-state index in [0.29, 0.717) is 6.42 Å². The van der Waals surface area contributed by atoms with Gasteiger partial charge in [0.05, 0.1) is 6.42 Å². The van der Waals surface area contributed by atoms with Crippen molar-refractivity contribution in [2.24, 2.45) is 5.73 Å². The van der Waals surface area contributed by atoms with Gasteiger partial charge in [-0.15, -0.1) is 0 Å². The van der Waals surface area contributed by atoms with Gasteiger partial charge in [0, 0.05) is 6.42 Å². The average Bonchev–Trinajstić information content (AvgIpc) is 2.72. The monoisotopic (exact) mass is 440 g/mol. The van der Waals surface area contributed by atoms with E-state index in [9.17, 15) is 14.4 Å². The lowest BCUT2D eigenvalue weighted by atomic mass is 10.0. The molecule has 2 amide bonds.